The van der Waals surface area contributed by atoms with Gasteiger partial charge in [0.15, 0.2) is 0 Å². The van der Waals surface area contributed by atoms with Gasteiger partial charge in [-0.1, -0.05) is 20.8 Å². The van der Waals surface area contributed by atoms with Crippen LogP contribution in [0.1, 0.15) is 57.4 Å². The molecule has 0 aromatic carbocycles. The molecule has 0 aliphatic rings. The van der Waals surface area contributed by atoms with Gasteiger partial charge in [-0.2, -0.15) is 0 Å². The van der Waals surface area contributed by atoms with Crippen LogP contribution >= 0.6 is 0 Å². The summed E-state index contributed by atoms with van der Waals surface area (Å²) in [6.07, 6.45) is 6.11. The zero-order chi connectivity index (χ0) is 15.0. The molecule has 20 heavy (non-hydrogen) atoms. The van der Waals surface area contributed by atoms with E-state index in [4.69, 9.17) is 0 Å². The van der Waals surface area contributed by atoms with Crippen LogP contribution in [0.2, 0.25) is 0 Å². The highest BCUT2D eigenvalue weighted by atomic mass is 16.2. The fraction of sp³-hybridized carbons (Fsp3) is 0.667. The van der Waals surface area contributed by atoms with Crippen LogP contribution < -0.4 is 5.32 Å². The van der Waals surface area contributed by atoms with Gasteiger partial charge in [-0.15, -0.1) is 0 Å². The van der Waals surface area contributed by atoms with Crippen molar-refractivity contribution < 1.29 is 4.79 Å². The maximum absolute atomic E-state index is 12.3. The third kappa shape index (κ3) is 4.79. The molecule has 0 saturated heterocycles. The highest BCUT2D eigenvalue weighted by Crippen LogP contribution is 2.08. The summed E-state index contributed by atoms with van der Waals surface area (Å²) in [5.74, 6) is 0.685. The minimum Gasteiger partial charge on any atom is -0.366 e. The summed E-state index contributed by atoms with van der Waals surface area (Å²) in [6, 6.07) is 0.350. The van der Waals surface area contributed by atoms with E-state index >= 15 is 0 Å². The summed E-state index contributed by atoms with van der Waals surface area (Å²) < 4.78 is 0. The second kappa shape index (κ2) is 8.51. The van der Waals surface area contributed by atoms with Gasteiger partial charge in [0.05, 0.1) is 12.4 Å². The van der Waals surface area contributed by atoms with Crippen molar-refractivity contribution in [1.82, 2.24) is 14.9 Å². The van der Waals surface area contributed by atoms with E-state index in [1.165, 1.54) is 0 Å². The topological polar surface area (TPSA) is 58.1 Å². The van der Waals surface area contributed by atoms with Crippen LogP contribution in [-0.4, -0.2) is 39.9 Å². The Morgan fingerprint density at radius 1 is 1.20 bits per heavy atom. The quantitative estimate of drug-likeness (QED) is 0.794. The normalized spacial score (nSPS) is 12.0. The van der Waals surface area contributed by atoms with Gasteiger partial charge in [-0.05, 0) is 26.2 Å². The molecule has 1 amide bonds. The lowest BCUT2D eigenvalue weighted by Gasteiger charge is -2.20. The molecule has 1 atom stereocenters. The number of anilines is 1. The van der Waals surface area contributed by atoms with Gasteiger partial charge in [0.2, 0.25) is 0 Å². The second-order valence-corrected chi connectivity index (χ2v) is 5.03. The van der Waals surface area contributed by atoms with E-state index in [9.17, 15) is 4.79 Å². The Hall–Kier alpha value is -1.65. The van der Waals surface area contributed by atoms with Crippen molar-refractivity contribution in [3.63, 3.8) is 0 Å². The van der Waals surface area contributed by atoms with Crippen molar-refractivity contribution in [2.24, 2.45) is 0 Å². The number of nitrogens with zero attached hydrogens (tertiary/aromatic N) is 3. The average Bonchev–Trinajstić information content (AvgIpc) is 2.47. The first-order valence-electron chi connectivity index (χ1n) is 7.50. The zero-order valence-electron chi connectivity index (χ0n) is 13.0. The van der Waals surface area contributed by atoms with Crippen LogP contribution in [0.4, 0.5) is 5.82 Å². The molecular weight excluding hydrogens is 252 g/mol. The Morgan fingerprint density at radius 2 is 1.85 bits per heavy atom. The van der Waals surface area contributed by atoms with Gasteiger partial charge < -0.3 is 10.2 Å². The molecule has 5 heteroatoms. The van der Waals surface area contributed by atoms with Crippen LogP contribution in [0.25, 0.3) is 0 Å². The van der Waals surface area contributed by atoms with Gasteiger partial charge >= 0.3 is 0 Å². The Balaban J connectivity index is 2.73. The van der Waals surface area contributed by atoms with Crippen molar-refractivity contribution >= 4 is 11.7 Å². The molecule has 0 aliphatic carbocycles. The molecule has 1 aromatic heterocycles. The van der Waals surface area contributed by atoms with E-state index in [2.05, 4.69) is 43.0 Å². The van der Waals surface area contributed by atoms with Gasteiger partial charge in [0.1, 0.15) is 11.5 Å². The summed E-state index contributed by atoms with van der Waals surface area (Å²) in [6.45, 7) is 9.87. The molecule has 0 saturated carbocycles. The smallest absolute Gasteiger partial charge is 0.274 e. The Kier molecular flexibility index (Phi) is 6.98. The van der Waals surface area contributed by atoms with Crippen LogP contribution in [0.5, 0.6) is 0 Å². The van der Waals surface area contributed by atoms with E-state index in [0.29, 0.717) is 17.6 Å². The largest absolute Gasteiger partial charge is 0.366 e. The van der Waals surface area contributed by atoms with E-state index in [1.807, 2.05) is 4.90 Å². The minimum absolute atomic E-state index is 0.0312. The standard InChI is InChI=1S/C15H26N4O/c1-5-8-19(9-6-2)15(20)13-10-17-14(11-16-13)18-12(4)7-3/h10-12H,5-9H2,1-4H3,(H,17,18). The number of hydrogen-bond acceptors (Lipinski definition) is 4. The van der Waals surface area contributed by atoms with Gasteiger partial charge in [0.25, 0.3) is 5.91 Å². The summed E-state index contributed by atoms with van der Waals surface area (Å²) in [5, 5.41) is 3.24. The van der Waals surface area contributed by atoms with E-state index in [-0.39, 0.29) is 5.91 Å². The second-order valence-electron chi connectivity index (χ2n) is 5.03. The lowest BCUT2D eigenvalue weighted by Crippen LogP contribution is -2.33. The number of aromatic nitrogens is 2. The third-order valence-electron chi connectivity index (χ3n) is 3.15. The highest BCUT2D eigenvalue weighted by molar-refractivity contribution is 5.92. The molecule has 0 spiro atoms. The lowest BCUT2D eigenvalue weighted by molar-refractivity contribution is 0.0749. The summed E-state index contributed by atoms with van der Waals surface area (Å²) in [5.41, 5.74) is 0.418. The van der Waals surface area contributed by atoms with Gasteiger partial charge in [-0.3, -0.25) is 4.79 Å². The molecule has 1 rings (SSSR count). The fourth-order valence-electron chi connectivity index (χ4n) is 1.88. The summed E-state index contributed by atoms with van der Waals surface area (Å²) in [4.78, 5) is 22.7. The van der Waals surface area contributed by atoms with Crippen molar-refractivity contribution in [2.75, 3.05) is 18.4 Å². The lowest BCUT2D eigenvalue weighted by atomic mass is 10.2. The molecule has 0 radical (unpaired) electrons. The number of amides is 1. The Morgan fingerprint density at radius 3 is 2.30 bits per heavy atom. The van der Waals surface area contributed by atoms with Gasteiger partial charge in [0, 0.05) is 19.1 Å². The van der Waals surface area contributed by atoms with Crippen LogP contribution in [-0.2, 0) is 0 Å². The van der Waals surface area contributed by atoms with Gasteiger partial charge in [-0.25, -0.2) is 9.97 Å². The highest BCUT2D eigenvalue weighted by Gasteiger charge is 2.16. The molecule has 0 aliphatic heterocycles. The predicted octanol–water partition coefficient (Wildman–Crippen LogP) is 2.95. The van der Waals surface area contributed by atoms with E-state index in [0.717, 1.165) is 32.4 Å². The summed E-state index contributed by atoms with van der Waals surface area (Å²) >= 11 is 0. The van der Waals surface area contributed by atoms with Crippen molar-refractivity contribution in [1.29, 1.82) is 0 Å². The van der Waals surface area contributed by atoms with Crippen LogP contribution in [0, 0.1) is 0 Å². The molecule has 1 unspecified atom stereocenters. The molecule has 112 valence electrons. The number of carbonyl (C=O) groups is 1. The van der Waals surface area contributed by atoms with Crippen LogP contribution in [0.15, 0.2) is 12.4 Å². The SMILES string of the molecule is CCCN(CCC)C(=O)c1cnc(NC(C)CC)cn1. The molecule has 5 nitrogen and oxygen atoms in total. The first kappa shape index (κ1) is 16.4. The Labute approximate surface area is 121 Å². The maximum Gasteiger partial charge on any atom is 0.274 e. The Bertz CT molecular complexity index is 399. The molecule has 1 heterocycles. The van der Waals surface area contributed by atoms with Crippen molar-refractivity contribution in [2.45, 2.75) is 53.0 Å². The molecule has 1 N–H and O–H groups in total. The first-order chi connectivity index (χ1) is 9.62. The molecule has 1 aromatic rings. The average molecular weight is 278 g/mol. The monoisotopic (exact) mass is 278 g/mol. The van der Waals surface area contributed by atoms with E-state index in [1.54, 1.807) is 12.4 Å². The predicted molar refractivity (Wildman–Crippen MR) is 81.9 cm³/mol. The molecule has 0 bridgehead atoms. The van der Waals surface area contributed by atoms with Crippen LogP contribution in [0.3, 0.4) is 0 Å². The molecule has 0 fully saturated rings. The van der Waals surface area contributed by atoms with Crippen molar-refractivity contribution in [3.8, 4) is 0 Å². The zero-order valence-corrected chi connectivity index (χ0v) is 13.0. The van der Waals surface area contributed by atoms with Crippen molar-refractivity contribution in [3.05, 3.63) is 18.1 Å². The number of nitrogens with one attached hydrogen (secondary N) is 1. The summed E-state index contributed by atoms with van der Waals surface area (Å²) in [7, 11) is 0. The number of hydrogen-bond donors (Lipinski definition) is 1. The number of carbonyl (C=O) groups excluding carboxylic acids is 1. The molecular formula is C15H26N4O. The fourth-order valence-corrected chi connectivity index (χ4v) is 1.88. The first-order valence-corrected chi connectivity index (χ1v) is 7.50. The third-order valence-corrected chi connectivity index (χ3v) is 3.15. The number of rotatable bonds is 8. The van der Waals surface area contributed by atoms with E-state index < -0.39 is 0 Å². The maximum atomic E-state index is 12.3. The minimum atomic E-state index is -0.0312.